The Labute approximate surface area is 108 Å². The van der Waals surface area contributed by atoms with Crippen LogP contribution < -0.4 is 5.32 Å². The van der Waals surface area contributed by atoms with E-state index in [0.717, 1.165) is 12.5 Å². The minimum atomic E-state index is 0.485. The van der Waals surface area contributed by atoms with Gasteiger partial charge in [0.25, 0.3) is 0 Å². The third-order valence-electron chi connectivity index (χ3n) is 4.03. The lowest BCUT2D eigenvalue weighted by molar-refractivity contribution is 0.232. The number of pyridine rings is 1. The molecule has 1 atom stereocenters. The Balaban J connectivity index is 1.92. The summed E-state index contributed by atoms with van der Waals surface area (Å²) in [6.07, 6.45) is 9.34. The van der Waals surface area contributed by atoms with Crippen LogP contribution >= 0.6 is 0 Å². The maximum atomic E-state index is 4.47. The van der Waals surface area contributed by atoms with Crippen molar-refractivity contribution in [3.8, 4) is 0 Å². The number of nitrogens with one attached hydrogen (secondary N) is 1. The zero-order valence-electron chi connectivity index (χ0n) is 11.0. The Morgan fingerprint density at radius 1 is 1.44 bits per heavy atom. The summed E-state index contributed by atoms with van der Waals surface area (Å²) in [6.45, 7) is 3.31. The van der Waals surface area contributed by atoms with Crippen molar-refractivity contribution in [3.63, 3.8) is 0 Å². The average Bonchev–Trinajstić information content (AvgIpc) is 2.76. The van der Waals surface area contributed by atoms with Gasteiger partial charge in [0.2, 0.25) is 0 Å². The van der Waals surface area contributed by atoms with E-state index < -0.39 is 0 Å². The Morgan fingerprint density at radius 3 is 3.06 bits per heavy atom. The molecular formula is C15H21N3. The van der Waals surface area contributed by atoms with Gasteiger partial charge in [-0.05, 0) is 43.9 Å². The van der Waals surface area contributed by atoms with E-state index in [-0.39, 0.29) is 0 Å². The highest BCUT2D eigenvalue weighted by Gasteiger charge is 2.29. The third-order valence-corrected chi connectivity index (χ3v) is 4.03. The molecule has 0 bridgehead atoms. The van der Waals surface area contributed by atoms with Crippen molar-refractivity contribution in [1.82, 2.24) is 14.9 Å². The first-order valence-corrected chi connectivity index (χ1v) is 7.06. The molecule has 2 aromatic rings. The second-order valence-corrected chi connectivity index (χ2v) is 5.25. The van der Waals surface area contributed by atoms with Gasteiger partial charge >= 0.3 is 0 Å². The van der Waals surface area contributed by atoms with Gasteiger partial charge in [0, 0.05) is 17.8 Å². The minimum Gasteiger partial charge on any atom is -0.310 e. The summed E-state index contributed by atoms with van der Waals surface area (Å²) in [4.78, 5) is 0. The molecule has 18 heavy (non-hydrogen) atoms. The second kappa shape index (κ2) is 5.11. The van der Waals surface area contributed by atoms with Gasteiger partial charge in [-0.25, -0.2) is 4.52 Å². The van der Waals surface area contributed by atoms with Gasteiger partial charge in [-0.1, -0.05) is 19.4 Å². The Hall–Kier alpha value is -1.35. The first-order chi connectivity index (χ1) is 8.90. The van der Waals surface area contributed by atoms with Gasteiger partial charge in [-0.2, -0.15) is 5.10 Å². The summed E-state index contributed by atoms with van der Waals surface area (Å²) in [5.41, 5.74) is 2.62. The standard InChI is InChI=1S/C15H21N3/c1-2-9-16-15(12-6-5-7-12)13-11-17-18-10-4-3-8-14(13)18/h3-4,8,10-12,15-16H,2,5-7,9H2,1H3. The van der Waals surface area contributed by atoms with Gasteiger partial charge < -0.3 is 5.32 Å². The molecular weight excluding hydrogens is 222 g/mol. The van der Waals surface area contributed by atoms with E-state index in [1.807, 2.05) is 23.0 Å². The lowest BCUT2D eigenvalue weighted by atomic mass is 9.77. The molecule has 0 amide bonds. The SMILES string of the molecule is CCCNC(c1cnn2ccccc12)C1CCC1. The van der Waals surface area contributed by atoms with Crippen LogP contribution in [0.4, 0.5) is 0 Å². The molecule has 3 heteroatoms. The van der Waals surface area contributed by atoms with Gasteiger partial charge in [-0.3, -0.25) is 0 Å². The van der Waals surface area contributed by atoms with Crippen LogP contribution in [0.15, 0.2) is 30.6 Å². The van der Waals surface area contributed by atoms with Crippen LogP contribution in [0.25, 0.3) is 5.52 Å². The smallest absolute Gasteiger partial charge is 0.0709 e. The van der Waals surface area contributed by atoms with Crippen molar-refractivity contribution < 1.29 is 0 Å². The molecule has 1 aliphatic carbocycles. The van der Waals surface area contributed by atoms with Crippen molar-refractivity contribution in [2.24, 2.45) is 5.92 Å². The molecule has 1 aliphatic rings. The van der Waals surface area contributed by atoms with Gasteiger partial charge in [0.05, 0.1) is 11.7 Å². The molecule has 0 radical (unpaired) electrons. The first-order valence-electron chi connectivity index (χ1n) is 7.06. The molecule has 3 nitrogen and oxygen atoms in total. The van der Waals surface area contributed by atoms with E-state index in [9.17, 15) is 0 Å². The van der Waals surface area contributed by atoms with E-state index in [2.05, 4.69) is 29.5 Å². The summed E-state index contributed by atoms with van der Waals surface area (Å²) in [5.74, 6) is 0.796. The van der Waals surface area contributed by atoms with Crippen LogP contribution in [0.1, 0.15) is 44.2 Å². The van der Waals surface area contributed by atoms with Crippen molar-refractivity contribution in [1.29, 1.82) is 0 Å². The zero-order chi connectivity index (χ0) is 12.4. The lowest BCUT2D eigenvalue weighted by Crippen LogP contribution is -2.32. The number of nitrogens with zero attached hydrogens (tertiary/aromatic N) is 2. The van der Waals surface area contributed by atoms with Gasteiger partial charge in [0.1, 0.15) is 0 Å². The van der Waals surface area contributed by atoms with Crippen molar-refractivity contribution >= 4 is 5.52 Å². The number of fused-ring (bicyclic) bond motifs is 1. The highest BCUT2D eigenvalue weighted by atomic mass is 15.2. The topological polar surface area (TPSA) is 29.3 Å². The Kier molecular flexibility index (Phi) is 3.33. The molecule has 2 heterocycles. The third kappa shape index (κ3) is 2.03. The van der Waals surface area contributed by atoms with Crippen LogP contribution in [-0.4, -0.2) is 16.2 Å². The number of aromatic nitrogens is 2. The molecule has 1 N–H and O–H groups in total. The molecule has 0 saturated heterocycles. The van der Waals surface area contributed by atoms with E-state index in [4.69, 9.17) is 0 Å². The average molecular weight is 243 g/mol. The quantitative estimate of drug-likeness (QED) is 0.874. The van der Waals surface area contributed by atoms with Crippen LogP contribution in [-0.2, 0) is 0 Å². The predicted octanol–water partition coefficient (Wildman–Crippen LogP) is 3.18. The fourth-order valence-corrected chi connectivity index (χ4v) is 2.80. The van der Waals surface area contributed by atoms with Crippen LogP contribution in [0.5, 0.6) is 0 Å². The van der Waals surface area contributed by atoms with Crippen LogP contribution in [0, 0.1) is 5.92 Å². The second-order valence-electron chi connectivity index (χ2n) is 5.25. The van der Waals surface area contributed by atoms with Crippen molar-refractivity contribution in [2.75, 3.05) is 6.54 Å². The largest absolute Gasteiger partial charge is 0.310 e. The van der Waals surface area contributed by atoms with Gasteiger partial charge in [0.15, 0.2) is 0 Å². The van der Waals surface area contributed by atoms with Crippen LogP contribution in [0.3, 0.4) is 0 Å². The maximum Gasteiger partial charge on any atom is 0.0709 e. The van der Waals surface area contributed by atoms with Crippen molar-refractivity contribution in [2.45, 2.75) is 38.6 Å². The highest BCUT2D eigenvalue weighted by Crippen LogP contribution is 2.38. The fourth-order valence-electron chi connectivity index (χ4n) is 2.80. The highest BCUT2D eigenvalue weighted by molar-refractivity contribution is 5.55. The van der Waals surface area contributed by atoms with Gasteiger partial charge in [-0.15, -0.1) is 0 Å². The summed E-state index contributed by atoms with van der Waals surface area (Å²) < 4.78 is 1.98. The Morgan fingerprint density at radius 2 is 2.33 bits per heavy atom. The number of rotatable bonds is 5. The van der Waals surface area contributed by atoms with E-state index in [1.165, 1.54) is 36.8 Å². The first kappa shape index (κ1) is 11.7. The molecule has 0 spiro atoms. The molecule has 1 unspecified atom stereocenters. The zero-order valence-corrected chi connectivity index (χ0v) is 11.0. The molecule has 96 valence electrons. The van der Waals surface area contributed by atoms with E-state index >= 15 is 0 Å². The summed E-state index contributed by atoms with van der Waals surface area (Å²) >= 11 is 0. The molecule has 2 aromatic heterocycles. The molecule has 1 fully saturated rings. The normalized spacial score (nSPS) is 17.8. The molecule has 1 saturated carbocycles. The summed E-state index contributed by atoms with van der Waals surface area (Å²) in [5, 5.41) is 8.18. The number of hydrogen-bond donors (Lipinski definition) is 1. The van der Waals surface area contributed by atoms with E-state index in [0.29, 0.717) is 6.04 Å². The summed E-state index contributed by atoms with van der Waals surface area (Å²) in [6, 6.07) is 6.78. The minimum absolute atomic E-state index is 0.485. The van der Waals surface area contributed by atoms with Crippen molar-refractivity contribution in [3.05, 3.63) is 36.2 Å². The van der Waals surface area contributed by atoms with E-state index in [1.54, 1.807) is 0 Å². The molecule has 0 aliphatic heterocycles. The fraction of sp³-hybridized carbons (Fsp3) is 0.533. The summed E-state index contributed by atoms with van der Waals surface area (Å²) in [7, 11) is 0. The monoisotopic (exact) mass is 243 g/mol. The van der Waals surface area contributed by atoms with Crippen LogP contribution in [0.2, 0.25) is 0 Å². The predicted molar refractivity (Wildman–Crippen MR) is 73.6 cm³/mol. The maximum absolute atomic E-state index is 4.47. The number of hydrogen-bond acceptors (Lipinski definition) is 2. The Bertz CT molecular complexity index is 513. The lowest BCUT2D eigenvalue weighted by Gasteiger charge is -2.34. The molecule has 3 rings (SSSR count). The molecule has 0 aromatic carbocycles.